The molecule has 186 valence electrons. The number of hydrogen-bond donors (Lipinski definition) is 3. The third-order valence-corrected chi connectivity index (χ3v) is 5.65. The molecule has 0 bridgehead atoms. The van der Waals surface area contributed by atoms with Crippen LogP contribution in [0.25, 0.3) is 0 Å². The van der Waals surface area contributed by atoms with Gasteiger partial charge in [-0.1, -0.05) is 42.1 Å². The highest BCUT2D eigenvalue weighted by atomic mass is 35.5. The van der Waals surface area contributed by atoms with E-state index in [1.165, 1.54) is 7.11 Å². The van der Waals surface area contributed by atoms with Crippen LogP contribution in [0.15, 0.2) is 23.0 Å². The van der Waals surface area contributed by atoms with Crippen molar-refractivity contribution in [2.45, 2.75) is 38.6 Å². The van der Waals surface area contributed by atoms with Crippen molar-refractivity contribution in [2.75, 3.05) is 38.9 Å². The molecule has 0 fully saturated rings. The highest BCUT2D eigenvalue weighted by Gasteiger charge is 2.10. The summed E-state index contributed by atoms with van der Waals surface area (Å²) in [6.07, 6.45) is 5.23. The molecule has 11 heteroatoms. The Morgan fingerprint density at radius 2 is 1.88 bits per heavy atom. The monoisotopic (exact) mass is 512 g/mol. The van der Waals surface area contributed by atoms with Crippen molar-refractivity contribution in [2.24, 2.45) is 0 Å². The van der Waals surface area contributed by atoms with Gasteiger partial charge in [0.1, 0.15) is 6.61 Å². The predicted molar refractivity (Wildman–Crippen MR) is 132 cm³/mol. The maximum absolute atomic E-state index is 12.5. The summed E-state index contributed by atoms with van der Waals surface area (Å²) in [6.45, 7) is 1.70. The van der Waals surface area contributed by atoms with E-state index in [9.17, 15) is 9.59 Å². The molecule has 3 N–H and O–H groups in total. The largest absolute Gasteiger partial charge is 0.467 e. The van der Waals surface area contributed by atoms with Crippen molar-refractivity contribution in [3.63, 3.8) is 0 Å². The molecule has 0 radical (unpaired) electrons. The zero-order valence-corrected chi connectivity index (χ0v) is 20.6. The Kier molecular flexibility index (Phi) is 12.6. The van der Waals surface area contributed by atoms with E-state index in [2.05, 4.69) is 20.0 Å². The summed E-state index contributed by atoms with van der Waals surface area (Å²) in [7, 11) is 1.31. The normalized spacial score (nSPS) is 10.8. The van der Waals surface area contributed by atoms with Gasteiger partial charge in [-0.2, -0.15) is 0 Å². The quantitative estimate of drug-likeness (QED) is 0.176. The zero-order valence-electron chi connectivity index (χ0n) is 19.1. The second-order valence-electron chi connectivity index (χ2n) is 7.43. The van der Waals surface area contributed by atoms with E-state index in [4.69, 9.17) is 38.1 Å². The molecule has 0 amide bonds. The number of nitrogens with zero attached hydrogens (tertiary/aromatic N) is 1. The number of nitrogens with one attached hydrogen (secondary N) is 3. The molecule has 0 spiro atoms. The summed E-state index contributed by atoms with van der Waals surface area (Å²) < 4.78 is 15.0. The highest BCUT2D eigenvalue weighted by Crippen LogP contribution is 2.22. The van der Waals surface area contributed by atoms with Crippen LogP contribution in [0, 0.1) is 5.41 Å². The summed E-state index contributed by atoms with van der Waals surface area (Å²) >= 11 is 12.0. The van der Waals surface area contributed by atoms with Gasteiger partial charge in [-0.05, 0) is 37.0 Å². The number of hydrogen-bond acceptors (Lipinski definition) is 8. The first-order valence-corrected chi connectivity index (χ1v) is 11.7. The van der Waals surface area contributed by atoms with Crippen LogP contribution in [0.1, 0.15) is 42.5 Å². The Morgan fingerprint density at radius 1 is 1.12 bits per heavy atom. The van der Waals surface area contributed by atoms with Gasteiger partial charge in [-0.15, -0.1) is 0 Å². The number of methoxy groups -OCH3 is 1. The molecule has 1 aromatic heterocycles. The van der Waals surface area contributed by atoms with Crippen molar-refractivity contribution in [1.29, 1.82) is 5.41 Å². The second kappa shape index (κ2) is 15.4. The van der Waals surface area contributed by atoms with Crippen LogP contribution in [0.5, 0.6) is 0 Å². The number of halogens is 2. The zero-order chi connectivity index (χ0) is 24.8. The minimum Gasteiger partial charge on any atom is -0.467 e. The van der Waals surface area contributed by atoms with Crippen LogP contribution in [0.4, 0.5) is 5.95 Å². The van der Waals surface area contributed by atoms with Gasteiger partial charge >= 0.3 is 5.97 Å². The van der Waals surface area contributed by atoms with E-state index < -0.39 is 5.97 Å². The fraction of sp³-hybridized carbons (Fsp3) is 0.478. The molecule has 0 aliphatic rings. The van der Waals surface area contributed by atoms with Gasteiger partial charge in [0.2, 0.25) is 5.95 Å². The van der Waals surface area contributed by atoms with Gasteiger partial charge in [0.15, 0.2) is 0 Å². The number of aromatic nitrogens is 2. The Labute approximate surface area is 208 Å². The SMILES string of the molecule is COC(=O)COCCOCCCCCCc1c(C=N)nc(NCc2ccc(Cl)c(Cl)c2)[nH]c1=O. The molecule has 0 aliphatic heterocycles. The molecule has 9 nitrogen and oxygen atoms in total. The minimum atomic E-state index is -0.408. The molecule has 1 heterocycles. The fourth-order valence-electron chi connectivity index (χ4n) is 3.09. The first kappa shape index (κ1) is 27.8. The first-order valence-electron chi connectivity index (χ1n) is 11.0. The smallest absolute Gasteiger partial charge is 0.331 e. The van der Waals surface area contributed by atoms with Crippen molar-refractivity contribution in [3.05, 3.63) is 55.4 Å². The van der Waals surface area contributed by atoms with Crippen LogP contribution in [-0.2, 0) is 32.0 Å². The predicted octanol–water partition coefficient (Wildman–Crippen LogP) is 4.00. The van der Waals surface area contributed by atoms with Gasteiger partial charge in [-0.3, -0.25) is 9.78 Å². The van der Waals surface area contributed by atoms with Gasteiger partial charge in [0.25, 0.3) is 5.56 Å². The van der Waals surface area contributed by atoms with E-state index >= 15 is 0 Å². The Morgan fingerprint density at radius 3 is 2.62 bits per heavy atom. The van der Waals surface area contributed by atoms with Crippen molar-refractivity contribution < 1.29 is 19.0 Å². The van der Waals surface area contributed by atoms with Crippen molar-refractivity contribution >= 4 is 41.3 Å². The van der Waals surface area contributed by atoms with E-state index in [1.807, 2.05) is 6.07 Å². The summed E-state index contributed by atoms with van der Waals surface area (Å²) in [5.74, 6) is -0.111. The number of H-pyrrole nitrogens is 1. The molecular weight excluding hydrogens is 483 g/mol. The van der Waals surface area contributed by atoms with Crippen LogP contribution in [0.2, 0.25) is 10.0 Å². The number of carbonyl (C=O) groups excluding carboxylic acids is 1. The molecule has 34 heavy (non-hydrogen) atoms. The molecule has 2 rings (SSSR count). The Balaban J connectivity index is 1.69. The molecule has 0 aliphatic carbocycles. The average molecular weight is 513 g/mol. The molecule has 1 aromatic carbocycles. The number of ether oxygens (including phenoxy) is 3. The number of benzene rings is 1. The first-order chi connectivity index (χ1) is 16.4. The molecule has 0 saturated carbocycles. The summed E-state index contributed by atoms with van der Waals surface area (Å²) in [5, 5.41) is 11.6. The lowest BCUT2D eigenvalue weighted by molar-refractivity contribution is -0.146. The van der Waals surface area contributed by atoms with Crippen molar-refractivity contribution in [1.82, 2.24) is 9.97 Å². The lowest BCUT2D eigenvalue weighted by Crippen LogP contribution is -2.20. The molecular formula is C23H30Cl2N4O5. The number of esters is 1. The van der Waals surface area contributed by atoms with E-state index in [0.29, 0.717) is 60.0 Å². The van der Waals surface area contributed by atoms with Crippen LogP contribution in [-0.4, -0.2) is 55.7 Å². The van der Waals surface area contributed by atoms with Crippen LogP contribution < -0.4 is 10.9 Å². The average Bonchev–Trinajstić information content (AvgIpc) is 2.83. The Hall–Kier alpha value is -2.46. The Bertz CT molecular complexity index is 1000. The van der Waals surface area contributed by atoms with Crippen LogP contribution >= 0.6 is 23.2 Å². The lowest BCUT2D eigenvalue weighted by Gasteiger charge is -2.10. The molecule has 0 unspecified atom stereocenters. The lowest BCUT2D eigenvalue weighted by atomic mass is 10.1. The molecule has 2 aromatic rings. The number of anilines is 1. The fourth-order valence-corrected chi connectivity index (χ4v) is 3.41. The number of aromatic amines is 1. The molecule has 0 atom stereocenters. The maximum atomic E-state index is 12.5. The maximum Gasteiger partial charge on any atom is 0.331 e. The standard InChI is InChI=1S/C23H30Cl2N4O5/c1-32-21(30)15-34-11-10-33-9-5-3-2-4-6-17-20(13-26)28-23(29-22(17)31)27-14-16-7-8-18(24)19(25)12-16/h7-8,12-13,26H,2-6,9-11,14-15H2,1H3,(H2,27,28,29,31). The summed E-state index contributed by atoms with van der Waals surface area (Å²) in [6, 6.07) is 5.28. The van der Waals surface area contributed by atoms with E-state index in [-0.39, 0.29) is 12.2 Å². The number of unbranched alkanes of at least 4 members (excludes halogenated alkanes) is 3. The minimum absolute atomic E-state index is 0.0696. The third kappa shape index (κ3) is 9.80. The van der Waals surface area contributed by atoms with Gasteiger partial charge < -0.3 is 24.9 Å². The summed E-state index contributed by atoms with van der Waals surface area (Å²) in [5.41, 5.74) is 1.50. The van der Waals surface area contributed by atoms with Crippen LogP contribution in [0.3, 0.4) is 0 Å². The van der Waals surface area contributed by atoms with Crippen molar-refractivity contribution in [3.8, 4) is 0 Å². The highest BCUT2D eigenvalue weighted by molar-refractivity contribution is 6.42. The number of rotatable bonds is 16. The third-order valence-electron chi connectivity index (χ3n) is 4.91. The van der Waals surface area contributed by atoms with Gasteiger partial charge in [0.05, 0.1) is 36.1 Å². The van der Waals surface area contributed by atoms with E-state index in [0.717, 1.165) is 37.5 Å². The number of carbonyl (C=O) groups is 1. The molecule has 0 saturated heterocycles. The van der Waals surface area contributed by atoms with E-state index in [1.54, 1.807) is 12.1 Å². The topological polar surface area (TPSA) is 126 Å². The van der Waals surface area contributed by atoms with Gasteiger partial charge in [0, 0.05) is 24.9 Å². The summed E-state index contributed by atoms with van der Waals surface area (Å²) in [4.78, 5) is 30.5. The van der Waals surface area contributed by atoms with Gasteiger partial charge in [-0.25, -0.2) is 9.78 Å². The second-order valence-corrected chi connectivity index (χ2v) is 8.24.